The van der Waals surface area contributed by atoms with Crippen molar-refractivity contribution in [2.24, 2.45) is 0 Å². The minimum Gasteiger partial charge on any atom is -0.477 e. The van der Waals surface area contributed by atoms with Crippen molar-refractivity contribution in [3.63, 3.8) is 0 Å². The van der Waals surface area contributed by atoms with E-state index in [1.54, 1.807) is 6.92 Å². The van der Waals surface area contributed by atoms with E-state index >= 15 is 0 Å². The molecule has 0 bridgehead atoms. The molecule has 0 saturated carbocycles. The molecule has 0 aliphatic carbocycles. The van der Waals surface area contributed by atoms with Crippen LogP contribution in [0.3, 0.4) is 0 Å². The average Bonchev–Trinajstić information content (AvgIpc) is 2.64. The maximum Gasteiger partial charge on any atom is 0.354 e. The van der Waals surface area contributed by atoms with Crippen molar-refractivity contribution in [3.8, 4) is 11.6 Å². The van der Waals surface area contributed by atoms with Crippen LogP contribution in [-0.2, 0) is 0 Å². The lowest BCUT2D eigenvalue weighted by Gasteiger charge is -1.98. The number of carbonyl (C=O) groups is 1. The molecule has 2 heterocycles. The highest BCUT2D eigenvalue weighted by atomic mass is 35.5. The lowest BCUT2D eigenvalue weighted by atomic mass is 10.3. The Balaban J connectivity index is 2.53. The predicted octanol–water partition coefficient (Wildman–Crippen LogP) is 1.79. The number of aryl methyl sites for hydroxylation is 1. The Labute approximate surface area is 94.9 Å². The third-order valence-electron chi connectivity index (χ3n) is 1.76. The van der Waals surface area contributed by atoms with Gasteiger partial charge < -0.3 is 9.63 Å². The van der Waals surface area contributed by atoms with Crippen molar-refractivity contribution in [1.29, 1.82) is 0 Å². The van der Waals surface area contributed by atoms with E-state index in [1.165, 1.54) is 12.1 Å². The van der Waals surface area contributed by atoms with E-state index in [0.29, 0.717) is 5.82 Å². The summed E-state index contributed by atoms with van der Waals surface area (Å²) in [6.07, 6.45) is 0. The normalized spacial score (nSPS) is 10.4. The monoisotopic (exact) mass is 239 g/mol. The molecule has 0 unspecified atom stereocenters. The standard InChI is InChI=1S/C9H6ClN3O3/c1-4-11-8(16-13-4)6-2-5(10)3-7(12-6)9(14)15/h2-3H,1H3,(H,14,15). The molecule has 0 atom stereocenters. The topological polar surface area (TPSA) is 89.1 Å². The summed E-state index contributed by atoms with van der Waals surface area (Å²) in [7, 11) is 0. The fourth-order valence-corrected chi connectivity index (χ4v) is 1.32. The van der Waals surface area contributed by atoms with Crippen LogP contribution in [0.1, 0.15) is 16.3 Å². The van der Waals surface area contributed by atoms with Gasteiger partial charge in [-0.3, -0.25) is 0 Å². The molecule has 2 aromatic rings. The molecular formula is C9H6ClN3O3. The summed E-state index contributed by atoms with van der Waals surface area (Å²) in [5.74, 6) is -0.587. The minimum absolute atomic E-state index is 0.141. The smallest absolute Gasteiger partial charge is 0.354 e. The second-order valence-corrected chi connectivity index (χ2v) is 3.44. The number of carboxylic acids is 1. The van der Waals surface area contributed by atoms with Crippen LogP contribution in [0.2, 0.25) is 5.02 Å². The highest BCUT2D eigenvalue weighted by Gasteiger charge is 2.13. The molecule has 82 valence electrons. The second-order valence-electron chi connectivity index (χ2n) is 3.01. The lowest BCUT2D eigenvalue weighted by molar-refractivity contribution is 0.0690. The summed E-state index contributed by atoms with van der Waals surface area (Å²) in [6, 6.07) is 2.71. The average molecular weight is 240 g/mol. The van der Waals surface area contributed by atoms with E-state index in [4.69, 9.17) is 21.2 Å². The fraction of sp³-hybridized carbons (Fsp3) is 0.111. The molecule has 2 aromatic heterocycles. The Kier molecular flexibility index (Phi) is 2.57. The maximum absolute atomic E-state index is 10.8. The third-order valence-corrected chi connectivity index (χ3v) is 1.97. The number of pyridine rings is 1. The molecule has 0 aliphatic rings. The largest absolute Gasteiger partial charge is 0.477 e. The lowest BCUT2D eigenvalue weighted by Crippen LogP contribution is -2.01. The van der Waals surface area contributed by atoms with Crippen molar-refractivity contribution in [1.82, 2.24) is 15.1 Å². The highest BCUT2D eigenvalue weighted by Crippen LogP contribution is 2.20. The molecule has 2 rings (SSSR count). The molecule has 0 fully saturated rings. The quantitative estimate of drug-likeness (QED) is 0.859. The van der Waals surface area contributed by atoms with E-state index in [2.05, 4.69) is 15.1 Å². The first-order valence-corrected chi connectivity index (χ1v) is 4.65. The van der Waals surface area contributed by atoms with Gasteiger partial charge in [-0.25, -0.2) is 9.78 Å². The van der Waals surface area contributed by atoms with Crippen LogP contribution in [0.5, 0.6) is 0 Å². The first-order valence-electron chi connectivity index (χ1n) is 4.28. The summed E-state index contributed by atoms with van der Waals surface area (Å²) < 4.78 is 4.86. The number of hydrogen-bond acceptors (Lipinski definition) is 5. The van der Waals surface area contributed by atoms with Crippen LogP contribution in [-0.4, -0.2) is 26.2 Å². The van der Waals surface area contributed by atoms with Crippen LogP contribution < -0.4 is 0 Å². The molecule has 0 radical (unpaired) electrons. The van der Waals surface area contributed by atoms with Crippen molar-refractivity contribution in [2.45, 2.75) is 6.92 Å². The molecule has 0 spiro atoms. The molecule has 0 saturated heterocycles. The van der Waals surface area contributed by atoms with Gasteiger partial charge in [0.05, 0.1) is 0 Å². The summed E-state index contributed by atoms with van der Waals surface area (Å²) in [5.41, 5.74) is 0.0730. The number of nitrogens with zero attached hydrogens (tertiary/aromatic N) is 3. The third kappa shape index (κ3) is 2.01. The van der Waals surface area contributed by atoms with Gasteiger partial charge in [0.25, 0.3) is 5.89 Å². The van der Waals surface area contributed by atoms with Gasteiger partial charge in [0.2, 0.25) is 0 Å². The SMILES string of the molecule is Cc1noc(-c2cc(Cl)cc(C(=O)O)n2)n1. The Bertz CT molecular complexity index is 553. The summed E-state index contributed by atoms with van der Waals surface area (Å²) in [5, 5.41) is 12.6. The van der Waals surface area contributed by atoms with E-state index in [9.17, 15) is 4.79 Å². The molecule has 16 heavy (non-hydrogen) atoms. The van der Waals surface area contributed by atoms with E-state index in [-0.39, 0.29) is 22.3 Å². The number of carboxylic acid groups (broad SMARTS) is 1. The molecule has 6 nitrogen and oxygen atoms in total. The Morgan fingerprint density at radius 1 is 1.44 bits per heavy atom. The molecule has 1 N–H and O–H groups in total. The van der Waals surface area contributed by atoms with Gasteiger partial charge >= 0.3 is 5.97 Å². The van der Waals surface area contributed by atoms with Crippen molar-refractivity contribution in [3.05, 3.63) is 28.7 Å². The molecule has 0 aromatic carbocycles. The Hall–Kier alpha value is -1.95. The van der Waals surface area contributed by atoms with Gasteiger partial charge in [-0.05, 0) is 19.1 Å². The van der Waals surface area contributed by atoms with Crippen molar-refractivity contribution < 1.29 is 14.4 Å². The van der Waals surface area contributed by atoms with Crippen LogP contribution in [0, 0.1) is 6.92 Å². The Morgan fingerprint density at radius 2 is 2.19 bits per heavy atom. The Morgan fingerprint density at radius 3 is 2.75 bits per heavy atom. The molecule has 0 aliphatic heterocycles. The van der Waals surface area contributed by atoms with E-state index in [0.717, 1.165) is 0 Å². The number of rotatable bonds is 2. The maximum atomic E-state index is 10.8. The van der Waals surface area contributed by atoms with E-state index < -0.39 is 5.97 Å². The van der Waals surface area contributed by atoms with Gasteiger partial charge in [0, 0.05) is 5.02 Å². The van der Waals surface area contributed by atoms with E-state index in [1.807, 2.05) is 0 Å². The fourth-order valence-electron chi connectivity index (χ4n) is 1.12. The highest BCUT2D eigenvalue weighted by molar-refractivity contribution is 6.31. The number of aromatic nitrogens is 3. The van der Waals surface area contributed by atoms with Gasteiger partial charge in [0.1, 0.15) is 5.69 Å². The van der Waals surface area contributed by atoms with Crippen molar-refractivity contribution in [2.75, 3.05) is 0 Å². The molecule has 7 heteroatoms. The van der Waals surface area contributed by atoms with Crippen LogP contribution in [0.15, 0.2) is 16.7 Å². The van der Waals surface area contributed by atoms with Gasteiger partial charge in [-0.2, -0.15) is 4.98 Å². The zero-order valence-electron chi connectivity index (χ0n) is 8.14. The zero-order valence-corrected chi connectivity index (χ0v) is 8.89. The number of aromatic carboxylic acids is 1. The van der Waals surface area contributed by atoms with Crippen LogP contribution >= 0.6 is 11.6 Å². The van der Waals surface area contributed by atoms with Gasteiger partial charge in [-0.1, -0.05) is 16.8 Å². The number of halogens is 1. The van der Waals surface area contributed by atoms with Crippen molar-refractivity contribution >= 4 is 17.6 Å². The van der Waals surface area contributed by atoms with Crippen LogP contribution in [0.4, 0.5) is 0 Å². The summed E-state index contributed by atoms with van der Waals surface area (Å²) in [4.78, 5) is 18.5. The van der Waals surface area contributed by atoms with Crippen LogP contribution in [0.25, 0.3) is 11.6 Å². The summed E-state index contributed by atoms with van der Waals surface area (Å²) >= 11 is 5.76. The van der Waals surface area contributed by atoms with Gasteiger partial charge in [0.15, 0.2) is 11.5 Å². The molecular weight excluding hydrogens is 234 g/mol. The predicted molar refractivity (Wildman–Crippen MR) is 54.2 cm³/mol. The zero-order chi connectivity index (χ0) is 11.7. The molecule has 0 amide bonds. The first kappa shape index (κ1) is 10.6. The second kappa shape index (κ2) is 3.90. The first-order chi connectivity index (χ1) is 7.56. The minimum atomic E-state index is -1.17. The summed E-state index contributed by atoms with van der Waals surface area (Å²) in [6.45, 7) is 1.65. The number of hydrogen-bond donors (Lipinski definition) is 1. The van der Waals surface area contributed by atoms with Gasteiger partial charge in [-0.15, -0.1) is 0 Å².